The van der Waals surface area contributed by atoms with Crippen LogP contribution in [-0.2, 0) is 14.3 Å². The van der Waals surface area contributed by atoms with Crippen molar-refractivity contribution < 1.29 is 14.3 Å². The summed E-state index contributed by atoms with van der Waals surface area (Å²) in [5.41, 5.74) is 2.08. The Morgan fingerprint density at radius 3 is 2.89 bits per heavy atom. The molecular formula is C23H37NO3. The summed E-state index contributed by atoms with van der Waals surface area (Å²) in [5.74, 6) is 2.98. The van der Waals surface area contributed by atoms with Gasteiger partial charge in [-0.2, -0.15) is 0 Å². The van der Waals surface area contributed by atoms with E-state index in [1.807, 2.05) is 6.92 Å². The quantitative estimate of drug-likeness (QED) is 0.650. The molecule has 0 aromatic heterocycles. The lowest BCUT2D eigenvalue weighted by Crippen LogP contribution is -2.57. The summed E-state index contributed by atoms with van der Waals surface area (Å²) in [7, 11) is 0. The molecule has 1 aliphatic heterocycles. The Bertz CT molecular complexity index is 592. The largest absolute Gasteiger partial charge is 0.396 e. The molecule has 4 nitrogen and oxygen atoms in total. The standard InChI is InChI=1S/C23H37NO3/c1-3-27-24-20-14-16-17(22(2)10-5-4-6-19(20)22)9-11-23-15-25-12-13-26-21(23)8-7-18(16)23/h16-19,21H,3-15H2,1-2H3/b24-20+/t16-,17+,18+,19?,21?,22-,23-/m1/s1. The average molecular weight is 376 g/mol. The van der Waals surface area contributed by atoms with Crippen LogP contribution in [0.3, 0.4) is 0 Å². The molecule has 1 spiro atoms. The number of oxime groups is 1. The molecule has 4 saturated carbocycles. The molecule has 5 aliphatic rings. The highest BCUT2D eigenvalue weighted by atomic mass is 16.6. The van der Waals surface area contributed by atoms with Gasteiger partial charge in [-0.15, -0.1) is 0 Å². The Morgan fingerprint density at radius 2 is 2.00 bits per heavy atom. The van der Waals surface area contributed by atoms with Crippen LogP contribution in [0.25, 0.3) is 0 Å². The molecule has 0 bridgehead atoms. The van der Waals surface area contributed by atoms with Crippen molar-refractivity contribution in [2.45, 2.75) is 77.7 Å². The van der Waals surface area contributed by atoms with Crippen LogP contribution in [0.4, 0.5) is 0 Å². The van der Waals surface area contributed by atoms with Gasteiger partial charge in [-0.3, -0.25) is 0 Å². The highest BCUT2D eigenvalue weighted by Crippen LogP contribution is 2.66. The molecule has 5 rings (SSSR count). The van der Waals surface area contributed by atoms with Crippen molar-refractivity contribution in [3.63, 3.8) is 0 Å². The first-order valence-corrected chi connectivity index (χ1v) is 11.6. The molecule has 0 aromatic rings. The third-order valence-corrected chi connectivity index (χ3v) is 9.25. The minimum atomic E-state index is 0.270. The summed E-state index contributed by atoms with van der Waals surface area (Å²) in [6.45, 7) is 7.80. The van der Waals surface area contributed by atoms with Crippen LogP contribution in [0.15, 0.2) is 5.16 Å². The summed E-state index contributed by atoms with van der Waals surface area (Å²) >= 11 is 0. The first-order valence-electron chi connectivity index (χ1n) is 11.6. The fourth-order valence-corrected chi connectivity index (χ4v) is 8.17. The predicted molar refractivity (Wildman–Crippen MR) is 106 cm³/mol. The monoisotopic (exact) mass is 375 g/mol. The van der Waals surface area contributed by atoms with Crippen LogP contribution in [0, 0.1) is 34.5 Å². The Hall–Kier alpha value is -0.610. The molecule has 152 valence electrons. The van der Waals surface area contributed by atoms with E-state index in [1.54, 1.807) is 0 Å². The SMILES string of the molecule is CCO/N=C1\C[C@H]2[C@@H]3CCC4OCCOC[C@@]43CC[C@@H]2[C@@]2(C)CCCCC12. The number of fused-ring (bicyclic) bond motifs is 4. The van der Waals surface area contributed by atoms with E-state index in [1.165, 1.54) is 57.1 Å². The van der Waals surface area contributed by atoms with Gasteiger partial charge in [-0.1, -0.05) is 24.9 Å². The highest BCUT2D eigenvalue weighted by molar-refractivity contribution is 5.88. The van der Waals surface area contributed by atoms with Crippen molar-refractivity contribution in [1.82, 2.24) is 0 Å². The maximum Gasteiger partial charge on any atom is 0.114 e. The second-order valence-electron chi connectivity index (χ2n) is 10.1. The molecule has 0 amide bonds. The van der Waals surface area contributed by atoms with E-state index in [0.717, 1.165) is 44.0 Å². The van der Waals surface area contributed by atoms with E-state index >= 15 is 0 Å². The number of ether oxygens (including phenoxy) is 2. The summed E-state index contributed by atoms with van der Waals surface area (Å²) in [5, 5.41) is 4.71. The molecule has 4 heteroatoms. The van der Waals surface area contributed by atoms with Gasteiger partial charge >= 0.3 is 0 Å². The lowest BCUT2D eigenvalue weighted by atomic mass is 9.44. The van der Waals surface area contributed by atoms with Crippen LogP contribution >= 0.6 is 0 Å². The second-order valence-corrected chi connectivity index (χ2v) is 10.1. The Balaban J connectivity index is 1.50. The van der Waals surface area contributed by atoms with Crippen LogP contribution in [0.5, 0.6) is 0 Å². The summed E-state index contributed by atoms with van der Waals surface area (Å²) in [4.78, 5) is 5.62. The predicted octanol–water partition coefficient (Wildman–Crippen LogP) is 4.82. The zero-order chi connectivity index (χ0) is 18.5. The smallest absolute Gasteiger partial charge is 0.114 e. The fourth-order valence-electron chi connectivity index (χ4n) is 8.17. The molecule has 4 aliphatic carbocycles. The molecule has 0 N–H and O–H groups in total. The van der Waals surface area contributed by atoms with E-state index in [0.29, 0.717) is 24.0 Å². The van der Waals surface area contributed by atoms with Crippen molar-refractivity contribution in [2.24, 2.45) is 39.7 Å². The third kappa shape index (κ3) is 2.73. The first-order chi connectivity index (χ1) is 13.2. The van der Waals surface area contributed by atoms with Gasteiger partial charge in [0, 0.05) is 11.3 Å². The Labute approximate surface area is 164 Å². The second kappa shape index (κ2) is 7.02. The van der Waals surface area contributed by atoms with Crippen LogP contribution < -0.4 is 0 Å². The normalized spacial score (nSPS) is 50.9. The van der Waals surface area contributed by atoms with E-state index in [-0.39, 0.29) is 5.41 Å². The Morgan fingerprint density at radius 1 is 1.07 bits per heavy atom. The summed E-state index contributed by atoms with van der Waals surface area (Å²) in [6, 6.07) is 0. The van der Waals surface area contributed by atoms with Crippen LogP contribution in [-0.4, -0.2) is 38.2 Å². The molecule has 0 radical (unpaired) electrons. The lowest BCUT2D eigenvalue weighted by Gasteiger charge is -2.60. The number of hydrogen-bond acceptors (Lipinski definition) is 4. The van der Waals surface area contributed by atoms with Crippen molar-refractivity contribution in [1.29, 1.82) is 0 Å². The van der Waals surface area contributed by atoms with E-state index in [9.17, 15) is 0 Å². The van der Waals surface area contributed by atoms with E-state index < -0.39 is 0 Å². The summed E-state index contributed by atoms with van der Waals surface area (Å²) < 4.78 is 12.4. The average Bonchev–Trinajstić information content (AvgIpc) is 2.93. The van der Waals surface area contributed by atoms with Gasteiger partial charge < -0.3 is 14.3 Å². The molecule has 27 heavy (non-hydrogen) atoms. The zero-order valence-corrected chi connectivity index (χ0v) is 17.3. The molecule has 5 fully saturated rings. The van der Waals surface area contributed by atoms with Crippen molar-refractivity contribution in [2.75, 3.05) is 26.4 Å². The van der Waals surface area contributed by atoms with Crippen LogP contribution in [0.1, 0.15) is 71.6 Å². The van der Waals surface area contributed by atoms with Gasteiger partial charge in [0.05, 0.1) is 31.6 Å². The number of nitrogens with zero attached hydrogens (tertiary/aromatic N) is 1. The lowest BCUT2D eigenvalue weighted by molar-refractivity contribution is -0.118. The molecule has 1 heterocycles. The minimum absolute atomic E-state index is 0.270. The van der Waals surface area contributed by atoms with Gasteiger partial charge in [0.15, 0.2) is 0 Å². The van der Waals surface area contributed by atoms with Gasteiger partial charge in [-0.25, -0.2) is 0 Å². The van der Waals surface area contributed by atoms with Gasteiger partial charge in [-0.05, 0) is 75.0 Å². The minimum Gasteiger partial charge on any atom is -0.396 e. The van der Waals surface area contributed by atoms with E-state index in [2.05, 4.69) is 6.92 Å². The maximum absolute atomic E-state index is 6.31. The van der Waals surface area contributed by atoms with Crippen LogP contribution in [0.2, 0.25) is 0 Å². The first kappa shape index (κ1) is 18.4. The molecule has 0 aromatic carbocycles. The van der Waals surface area contributed by atoms with Gasteiger partial charge in [0.1, 0.15) is 6.61 Å². The Kier molecular flexibility index (Phi) is 4.79. The molecular weight excluding hydrogens is 338 g/mol. The summed E-state index contributed by atoms with van der Waals surface area (Å²) in [6.07, 6.45) is 12.2. The molecule has 7 atom stereocenters. The van der Waals surface area contributed by atoms with Crippen molar-refractivity contribution in [3.8, 4) is 0 Å². The van der Waals surface area contributed by atoms with E-state index in [4.69, 9.17) is 19.5 Å². The topological polar surface area (TPSA) is 40.0 Å². The maximum atomic E-state index is 6.31. The van der Waals surface area contributed by atoms with Crippen molar-refractivity contribution in [3.05, 3.63) is 0 Å². The molecule has 2 unspecified atom stereocenters. The number of hydrogen-bond donors (Lipinski definition) is 0. The third-order valence-electron chi connectivity index (χ3n) is 9.25. The fraction of sp³-hybridized carbons (Fsp3) is 0.957. The van der Waals surface area contributed by atoms with Gasteiger partial charge in [0.25, 0.3) is 0 Å². The van der Waals surface area contributed by atoms with Gasteiger partial charge in [0.2, 0.25) is 0 Å². The number of rotatable bonds is 2. The van der Waals surface area contributed by atoms with Crippen molar-refractivity contribution >= 4 is 5.71 Å². The highest BCUT2D eigenvalue weighted by Gasteiger charge is 2.63. The zero-order valence-electron chi connectivity index (χ0n) is 17.3. The molecule has 1 saturated heterocycles.